The molecule has 3 aliphatic heterocycles. The highest BCUT2D eigenvalue weighted by Gasteiger charge is 2.49. The molecule has 5 rings (SSSR count). The van der Waals surface area contributed by atoms with Gasteiger partial charge >= 0.3 is 6.18 Å². The van der Waals surface area contributed by atoms with Crippen LogP contribution >= 0.6 is 0 Å². The van der Waals surface area contributed by atoms with E-state index in [1.165, 1.54) is 23.3 Å². The van der Waals surface area contributed by atoms with Crippen molar-refractivity contribution in [2.75, 3.05) is 49.5 Å². The molecule has 0 aromatic heterocycles. The van der Waals surface area contributed by atoms with Crippen molar-refractivity contribution in [2.45, 2.75) is 31.6 Å². The van der Waals surface area contributed by atoms with Gasteiger partial charge in [0.2, 0.25) is 11.8 Å². The van der Waals surface area contributed by atoms with Crippen molar-refractivity contribution in [2.24, 2.45) is 0 Å². The Morgan fingerprint density at radius 1 is 1.06 bits per heavy atom. The van der Waals surface area contributed by atoms with Gasteiger partial charge in [-0.15, -0.1) is 0 Å². The summed E-state index contributed by atoms with van der Waals surface area (Å²) in [5, 5.41) is 2.50. The molecular weight excluding hydrogens is 461 g/mol. The van der Waals surface area contributed by atoms with Crippen molar-refractivity contribution in [3.8, 4) is 5.75 Å². The predicted octanol–water partition coefficient (Wildman–Crippen LogP) is 3.05. The first-order valence-electron chi connectivity index (χ1n) is 11.7. The summed E-state index contributed by atoms with van der Waals surface area (Å²) in [5.74, 6) is -0.480. The van der Waals surface area contributed by atoms with Gasteiger partial charge < -0.3 is 10.1 Å². The van der Waals surface area contributed by atoms with Crippen LogP contribution in [-0.2, 0) is 22.6 Å². The predicted molar refractivity (Wildman–Crippen MR) is 124 cm³/mol. The molecule has 0 spiro atoms. The topological polar surface area (TPSA) is 65.1 Å². The number of carbonyl (C=O) groups excluding carboxylic acids is 2. The number of rotatable bonds is 4. The second-order valence-corrected chi connectivity index (χ2v) is 9.18. The van der Waals surface area contributed by atoms with Crippen LogP contribution in [0.15, 0.2) is 42.5 Å². The van der Waals surface area contributed by atoms with Crippen LogP contribution < -0.4 is 15.0 Å². The van der Waals surface area contributed by atoms with Crippen LogP contribution in [0.3, 0.4) is 0 Å². The molecule has 1 atom stereocenters. The highest BCUT2D eigenvalue weighted by Crippen LogP contribution is 2.37. The lowest BCUT2D eigenvalue weighted by Gasteiger charge is -2.37. The lowest BCUT2D eigenvalue weighted by Crippen LogP contribution is -2.54. The largest absolute Gasteiger partial charge is 0.493 e. The minimum absolute atomic E-state index is 0.0740. The fourth-order valence-corrected chi connectivity index (χ4v) is 4.97. The molecule has 1 N–H and O–H groups in total. The third-order valence-corrected chi connectivity index (χ3v) is 6.76. The number of para-hydroxylation sites is 2. The number of hydrogen-bond acceptors (Lipinski definition) is 5. The van der Waals surface area contributed by atoms with E-state index in [2.05, 4.69) is 22.3 Å². The van der Waals surface area contributed by atoms with Gasteiger partial charge in [-0.05, 0) is 29.3 Å². The van der Waals surface area contributed by atoms with E-state index in [4.69, 9.17) is 4.74 Å². The SMILES string of the molecule is O=C1CC(C(F)(F)F)N(C(=O)CN2CCN(Cc3ccc4c(c3)CCO4)CC2)c2ccccc2N1. The molecular formula is C25H27F3N4O3. The number of halogens is 3. The summed E-state index contributed by atoms with van der Waals surface area (Å²) >= 11 is 0. The van der Waals surface area contributed by atoms with Crippen LogP contribution in [0, 0.1) is 0 Å². The van der Waals surface area contributed by atoms with E-state index in [0.717, 1.165) is 23.6 Å². The lowest BCUT2D eigenvalue weighted by atomic mass is 10.1. The normalized spacial score (nSPS) is 21.1. The third-order valence-electron chi connectivity index (χ3n) is 6.76. The number of fused-ring (bicyclic) bond motifs is 2. The summed E-state index contributed by atoms with van der Waals surface area (Å²) in [6.45, 7) is 3.91. The Morgan fingerprint density at radius 2 is 1.80 bits per heavy atom. The van der Waals surface area contributed by atoms with E-state index in [9.17, 15) is 22.8 Å². The molecule has 1 saturated heterocycles. The molecule has 35 heavy (non-hydrogen) atoms. The molecule has 2 aromatic rings. The van der Waals surface area contributed by atoms with Crippen molar-refractivity contribution < 1.29 is 27.5 Å². The van der Waals surface area contributed by atoms with Crippen molar-refractivity contribution in [1.82, 2.24) is 9.80 Å². The number of alkyl halides is 3. The van der Waals surface area contributed by atoms with Crippen molar-refractivity contribution >= 4 is 23.2 Å². The number of benzene rings is 2. The van der Waals surface area contributed by atoms with Gasteiger partial charge in [0.05, 0.1) is 30.9 Å². The monoisotopic (exact) mass is 488 g/mol. The Balaban J connectivity index is 1.24. The van der Waals surface area contributed by atoms with E-state index in [-0.39, 0.29) is 17.9 Å². The molecule has 3 aliphatic rings. The zero-order valence-corrected chi connectivity index (χ0v) is 19.2. The van der Waals surface area contributed by atoms with Gasteiger partial charge in [0.1, 0.15) is 11.8 Å². The molecule has 1 fully saturated rings. The van der Waals surface area contributed by atoms with Crippen molar-refractivity contribution in [1.29, 1.82) is 0 Å². The smallest absolute Gasteiger partial charge is 0.409 e. The Bertz CT molecular complexity index is 1120. The Hall–Kier alpha value is -3.11. The molecule has 10 heteroatoms. The summed E-state index contributed by atoms with van der Waals surface area (Å²) in [7, 11) is 0. The summed E-state index contributed by atoms with van der Waals surface area (Å²) < 4.78 is 47.3. The maximum absolute atomic E-state index is 13.9. The molecule has 2 aromatic carbocycles. The molecule has 0 bridgehead atoms. The van der Waals surface area contributed by atoms with E-state index in [0.29, 0.717) is 32.8 Å². The summed E-state index contributed by atoms with van der Waals surface area (Å²) in [6, 6.07) is 10.2. The average molecular weight is 489 g/mol. The number of hydrogen-bond donors (Lipinski definition) is 1. The zero-order valence-electron chi connectivity index (χ0n) is 19.2. The van der Waals surface area contributed by atoms with Gasteiger partial charge in [-0.1, -0.05) is 24.3 Å². The molecule has 0 radical (unpaired) electrons. The summed E-state index contributed by atoms with van der Waals surface area (Å²) in [5.41, 5.74) is 2.70. The quantitative estimate of drug-likeness (QED) is 0.717. The fraction of sp³-hybridized carbons (Fsp3) is 0.440. The van der Waals surface area contributed by atoms with Crippen molar-refractivity contribution in [3.05, 3.63) is 53.6 Å². The van der Waals surface area contributed by atoms with Crippen LogP contribution in [0.25, 0.3) is 0 Å². The summed E-state index contributed by atoms with van der Waals surface area (Å²) in [6.07, 6.45) is -4.65. The number of nitrogens with one attached hydrogen (secondary N) is 1. The Morgan fingerprint density at radius 3 is 2.57 bits per heavy atom. The van der Waals surface area contributed by atoms with Gasteiger partial charge in [0.15, 0.2) is 0 Å². The standard InChI is InChI=1S/C25H27F3N4O3/c26-25(27,28)22-14-23(33)29-19-3-1-2-4-20(19)32(22)24(34)16-31-10-8-30(9-11-31)15-17-5-6-21-18(13-17)7-12-35-21/h1-6,13,22H,7-12,14-16H2,(H,29,33). The molecule has 7 nitrogen and oxygen atoms in total. The lowest BCUT2D eigenvalue weighted by molar-refractivity contribution is -0.158. The highest BCUT2D eigenvalue weighted by atomic mass is 19.4. The zero-order chi connectivity index (χ0) is 24.6. The van der Waals surface area contributed by atoms with Crippen LogP contribution in [-0.4, -0.2) is 73.2 Å². The molecule has 186 valence electrons. The number of nitrogens with zero attached hydrogens (tertiary/aromatic N) is 3. The average Bonchev–Trinajstić information content (AvgIpc) is 3.21. The van der Waals surface area contributed by atoms with Gasteiger partial charge in [-0.2, -0.15) is 13.2 Å². The van der Waals surface area contributed by atoms with Crippen LogP contribution in [0.1, 0.15) is 17.5 Å². The van der Waals surface area contributed by atoms with Crippen LogP contribution in [0.4, 0.5) is 24.5 Å². The van der Waals surface area contributed by atoms with Crippen LogP contribution in [0.2, 0.25) is 0 Å². The first-order chi connectivity index (χ1) is 16.8. The Kier molecular flexibility index (Phi) is 6.41. The fourth-order valence-electron chi connectivity index (χ4n) is 4.97. The number of amides is 2. The Labute approximate surface area is 201 Å². The van der Waals surface area contributed by atoms with Gasteiger partial charge in [0.25, 0.3) is 0 Å². The third kappa shape index (κ3) is 5.13. The highest BCUT2D eigenvalue weighted by molar-refractivity contribution is 6.05. The molecule has 0 aliphatic carbocycles. The maximum atomic E-state index is 13.9. The summed E-state index contributed by atoms with van der Waals surface area (Å²) in [4.78, 5) is 30.3. The van der Waals surface area contributed by atoms with E-state index in [1.54, 1.807) is 12.1 Å². The molecule has 2 amide bonds. The van der Waals surface area contributed by atoms with Crippen LogP contribution in [0.5, 0.6) is 5.75 Å². The number of piperazine rings is 1. The molecule has 3 heterocycles. The second kappa shape index (κ2) is 9.50. The van der Waals surface area contributed by atoms with E-state index >= 15 is 0 Å². The first-order valence-corrected chi connectivity index (χ1v) is 11.7. The molecule has 1 unspecified atom stereocenters. The maximum Gasteiger partial charge on any atom is 0.409 e. The van der Waals surface area contributed by atoms with E-state index in [1.807, 2.05) is 11.0 Å². The second-order valence-electron chi connectivity index (χ2n) is 9.18. The van der Waals surface area contributed by atoms with Gasteiger partial charge in [0, 0.05) is 39.1 Å². The number of carbonyl (C=O) groups is 2. The van der Waals surface area contributed by atoms with Gasteiger partial charge in [-0.25, -0.2) is 0 Å². The first kappa shape index (κ1) is 23.6. The minimum atomic E-state index is -4.73. The number of anilines is 2. The minimum Gasteiger partial charge on any atom is -0.493 e. The van der Waals surface area contributed by atoms with E-state index < -0.39 is 30.5 Å². The van der Waals surface area contributed by atoms with Gasteiger partial charge in [-0.3, -0.25) is 24.3 Å². The number of ether oxygens (including phenoxy) is 1. The molecule has 0 saturated carbocycles. The van der Waals surface area contributed by atoms with Crippen molar-refractivity contribution in [3.63, 3.8) is 0 Å².